The predicted molar refractivity (Wildman–Crippen MR) is 76.8 cm³/mol. The van der Waals surface area contributed by atoms with Crippen molar-refractivity contribution in [3.8, 4) is 0 Å². The van der Waals surface area contributed by atoms with E-state index in [2.05, 4.69) is 23.7 Å². The van der Waals surface area contributed by atoms with Crippen molar-refractivity contribution in [1.82, 2.24) is 4.98 Å². The second-order valence-electron chi connectivity index (χ2n) is 4.77. The minimum Gasteiger partial charge on any atom is -0.461 e. The highest BCUT2D eigenvalue weighted by atomic mass is 32.2. The van der Waals surface area contributed by atoms with E-state index in [4.69, 9.17) is 4.74 Å². The van der Waals surface area contributed by atoms with E-state index in [1.807, 2.05) is 11.8 Å². The number of carbonyl (C=O) groups is 1. The number of hydrogen-bond acceptors (Lipinski definition) is 6. The zero-order chi connectivity index (χ0) is 13.2. The number of thioether (sulfide) groups is 1. The van der Waals surface area contributed by atoms with Gasteiger partial charge in [0.05, 0.1) is 6.61 Å². The van der Waals surface area contributed by atoms with Gasteiger partial charge in [-0.25, -0.2) is 9.78 Å². The smallest absolute Gasteiger partial charge is 0.357 e. The monoisotopic (exact) mass is 286 g/mol. The minimum absolute atomic E-state index is 0.244. The van der Waals surface area contributed by atoms with Crippen LogP contribution >= 0.6 is 23.1 Å². The van der Waals surface area contributed by atoms with Crippen molar-refractivity contribution < 1.29 is 9.53 Å². The zero-order valence-corrected chi connectivity index (χ0v) is 12.6. The average molecular weight is 286 g/mol. The molecule has 0 aliphatic carbocycles. The number of anilines is 1. The molecule has 18 heavy (non-hydrogen) atoms. The fraction of sp³-hybridized carbons (Fsp3) is 0.667. The molecule has 0 bridgehead atoms. The SMILES string of the molecule is CCOC(=O)c1csc(N2CCSC(C)(C)C2)n1. The number of rotatable bonds is 3. The first kappa shape index (κ1) is 13.7. The number of thiazole rings is 1. The van der Waals surface area contributed by atoms with Crippen molar-refractivity contribution in [2.24, 2.45) is 0 Å². The van der Waals surface area contributed by atoms with Crippen LogP contribution in [0.1, 0.15) is 31.3 Å². The molecular formula is C12H18N2O2S2. The molecule has 0 aromatic carbocycles. The van der Waals surface area contributed by atoms with E-state index in [0.29, 0.717) is 12.3 Å². The van der Waals surface area contributed by atoms with Crippen LogP contribution in [0.2, 0.25) is 0 Å². The van der Waals surface area contributed by atoms with Gasteiger partial charge >= 0.3 is 5.97 Å². The first-order valence-electron chi connectivity index (χ1n) is 6.03. The largest absolute Gasteiger partial charge is 0.461 e. The summed E-state index contributed by atoms with van der Waals surface area (Å²) in [6, 6.07) is 0. The summed E-state index contributed by atoms with van der Waals surface area (Å²) >= 11 is 3.50. The maximum absolute atomic E-state index is 11.6. The molecule has 0 amide bonds. The van der Waals surface area contributed by atoms with E-state index in [-0.39, 0.29) is 10.7 Å². The Morgan fingerprint density at radius 1 is 1.61 bits per heavy atom. The first-order chi connectivity index (χ1) is 8.52. The van der Waals surface area contributed by atoms with E-state index >= 15 is 0 Å². The van der Waals surface area contributed by atoms with Gasteiger partial charge in [0.15, 0.2) is 10.8 Å². The molecule has 1 aliphatic heterocycles. The summed E-state index contributed by atoms with van der Waals surface area (Å²) in [5.41, 5.74) is 0.424. The Labute approximate surface area is 116 Å². The number of aromatic nitrogens is 1. The molecule has 2 rings (SSSR count). The number of hydrogen-bond donors (Lipinski definition) is 0. The zero-order valence-electron chi connectivity index (χ0n) is 10.9. The lowest BCUT2D eigenvalue weighted by Gasteiger charge is -2.37. The lowest BCUT2D eigenvalue weighted by molar-refractivity contribution is 0.0520. The van der Waals surface area contributed by atoms with Gasteiger partial charge in [0.2, 0.25) is 0 Å². The summed E-state index contributed by atoms with van der Waals surface area (Å²) < 4.78 is 5.20. The van der Waals surface area contributed by atoms with E-state index in [1.165, 1.54) is 11.3 Å². The fourth-order valence-corrected chi connectivity index (χ4v) is 3.82. The van der Waals surface area contributed by atoms with Crippen LogP contribution in [0.5, 0.6) is 0 Å². The third-order valence-corrected chi connectivity index (χ3v) is 4.87. The van der Waals surface area contributed by atoms with Gasteiger partial charge in [-0.05, 0) is 20.8 Å². The predicted octanol–water partition coefficient (Wildman–Crippen LogP) is 2.65. The van der Waals surface area contributed by atoms with Gasteiger partial charge in [-0.15, -0.1) is 11.3 Å². The second kappa shape index (κ2) is 5.48. The molecule has 4 nitrogen and oxygen atoms in total. The molecule has 1 aromatic heterocycles. The molecule has 0 saturated carbocycles. The van der Waals surface area contributed by atoms with Gasteiger partial charge < -0.3 is 9.64 Å². The summed E-state index contributed by atoms with van der Waals surface area (Å²) in [5, 5.41) is 2.70. The molecule has 0 N–H and O–H groups in total. The standard InChI is InChI=1S/C12H18N2O2S2/c1-4-16-10(15)9-7-17-11(13-9)14-5-6-18-12(2,3)8-14/h7H,4-6,8H2,1-3H3. The third-order valence-electron chi connectivity index (χ3n) is 2.67. The Morgan fingerprint density at radius 2 is 2.39 bits per heavy atom. The topological polar surface area (TPSA) is 42.4 Å². The molecule has 1 aromatic rings. The molecule has 0 spiro atoms. The Kier molecular flexibility index (Phi) is 4.17. The summed E-state index contributed by atoms with van der Waals surface area (Å²) in [5.74, 6) is 0.770. The van der Waals surface area contributed by atoms with Gasteiger partial charge in [-0.1, -0.05) is 0 Å². The highest BCUT2D eigenvalue weighted by molar-refractivity contribution is 8.00. The maximum atomic E-state index is 11.6. The van der Waals surface area contributed by atoms with Crippen LogP contribution in [0.25, 0.3) is 0 Å². The van der Waals surface area contributed by atoms with E-state index in [0.717, 1.165) is 24.0 Å². The van der Waals surface area contributed by atoms with Gasteiger partial charge in [0, 0.05) is 29.0 Å². The minimum atomic E-state index is -0.328. The van der Waals surface area contributed by atoms with Crippen molar-refractivity contribution in [2.75, 3.05) is 30.3 Å². The molecule has 6 heteroatoms. The van der Waals surface area contributed by atoms with Crippen LogP contribution in [0.4, 0.5) is 5.13 Å². The van der Waals surface area contributed by atoms with Crippen LogP contribution in [0.3, 0.4) is 0 Å². The second-order valence-corrected chi connectivity index (χ2v) is 7.40. The maximum Gasteiger partial charge on any atom is 0.357 e. The molecule has 100 valence electrons. The van der Waals surface area contributed by atoms with Crippen LogP contribution < -0.4 is 4.90 Å². The fourth-order valence-electron chi connectivity index (χ4n) is 1.89. The van der Waals surface area contributed by atoms with E-state index in [1.54, 1.807) is 12.3 Å². The average Bonchev–Trinajstić information content (AvgIpc) is 2.77. The summed E-state index contributed by atoms with van der Waals surface area (Å²) in [6.45, 7) is 8.62. The van der Waals surface area contributed by atoms with Crippen LogP contribution in [-0.2, 0) is 4.74 Å². The number of ether oxygens (including phenoxy) is 1. The van der Waals surface area contributed by atoms with E-state index in [9.17, 15) is 4.79 Å². The molecule has 1 aliphatic rings. The molecule has 1 fully saturated rings. The summed E-state index contributed by atoms with van der Waals surface area (Å²) in [7, 11) is 0. The third kappa shape index (κ3) is 3.17. The molecule has 2 heterocycles. The van der Waals surface area contributed by atoms with Gasteiger partial charge in [0.25, 0.3) is 0 Å². The number of nitrogens with zero attached hydrogens (tertiary/aromatic N) is 2. The van der Waals surface area contributed by atoms with Crippen molar-refractivity contribution in [2.45, 2.75) is 25.5 Å². The van der Waals surface area contributed by atoms with Crippen molar-refractivity contribution in [1.29, 1.82) is 0 Å². The lowest BCUT2D eigenvalue weighted by Crippen LogP contribution is -2.43. The Morgan fingerprint density at radius 3 is 3.06 bits per heavy atom. The highest BCUT2D eigenvalue weighted by Gasteiger charge is 2.28. The Hall–Kier alpha value is -0.750. The molecule has 1 saturated heterocycles. The van der Waals surface area contributed by atoms with Gasteiger partial charge in [-0.2, -0.15) is 11.8 Å². The Bertz CT molecular complexity index is 431. The highest BCUT2D eigenvalue weighted by Crippen LogP contribution is 2.33. The normalized spacial score (nSPS) is 18.7. The first-order valence-corrected chi connectivity index (χ1v) is 7.90. The molecule has 0 unspecified atom stereocenters. The summed E-state index contributed by atoms with van der Waals surface area (Å²) in [4.78, 5) is 18.2. The van der Waals surface area contributed by atoms with Crippen LogP contribution in [0, 0.1) is 0 Å². The quantitative estimate of drug-likeness (QED) is 0.799. The van der Waals surface area contributed by atoms with Gasteiger partial charge in [0.1, 0.15) is 0 Å². The van der Waals surface area contributed by atoms with Crippen molar-refractivity contribution in [3.63, 3.8) is 0 Å². The summed E-state index contributed by atoms with van der Waals surface area (Å²) in [6.07, 6.45) is 0. The number of carbonyl (C=O) groups excluding carboxylic acids is 1. The molecule has 0 radical (unpaired) electrons. The lowest BCUT2D eigenvalue weighted by atomic mass is 10.2. The van der Waals surface area contributed by atoms with Crippen LogP contribution in [0.15, 0.2) is 5.38 Å². The Balaban J connectivity index is 2.08. The molecule has 0 atom stereocenters. The van der Waals surface area contributed by atoms with Crippen molar-refractivity contribution >= 4 is 34.2 Å². The van der Waals surface area contributed by atoms with E-state index < -0.39 is 0 Å². The van der Waals surface area contributed by atoms with Crippen LogP contribution in [-0.4, -0.2) is 41.1 Å². The number of esters is 1. The van der Waals surface area contributed by atoms with Crippen molar-refractivity contribution in [3.05, 3.63) is 11.1 Å². The molecular weight excluding hydrogens is 268 g/mol. The van der Waals surface area contributed by atoms with Gasteiger partial charge in [-0.3, -0.25) is 0 Å².